The summed E-state index contributed by atoms with van der Waals surface area (Å²) in [5.74, 6) is 0.327. The number of hydrogen-bond donors (Lipinski definition) is 1. The fourth-order valence-corrected chi connectivity index (χ4v) is 2.43. The molecule has 2 unspecified atom stereocenters. The van der Waals surface area contributed by atoms with Crippen LogP contribution in [0.15, 0.2) is 0 Å². The fourth-order valence-electron chi connectivity index (χ4n) is 2.43. The summed E-state index contributed by atoms with van der Waals surface area (Å²) in [6.45, 7) is 6.60. The molecular formula is C13H24N2O2. The van der Waals surface area contributed by atoms with Crippen LogP contribution in [0.2, 0.25) is 0 Å². The Morgan fingerprint density at radius 1 is 1.41 bits per heavy atom. The molecule has 17 heavy (non-hydrogen) atoms. The van der Waals surface area contributed by atoms with Crippen LogP contribution >= 0.6 is 0 Å². The summed E-state index contributed by atoms with van der Waals surface area (Å²) < 4.78 is 0. The molecule has 1 fully saturated rings. The highest BCUT2D eigenvalue weighted by atomic mass is 16.2. The molecule has 4 nitrogen and oxygen atoms in total. The van der Waals surface area contributed by atoms with Crippen molar-refractivity contribution < 1.29 is 9.59 Å². The van der Waals surface area contributed by atoms with E-state index in [1.165, 1.54) is 0 Å². The number of hydrogen-bond acceptors (Lipinski definition) is 2. The second-order valence-electron chi connectivity index (χ2n) is 5.07. The lowest BCUT2D eigenvalue weighted by Gasteiger charge is -2.24. The van der Waals surface area contributed by atoms with Crippen LogP contribution in [0.4, 0.5) is 0 Å². The SMILES string of the molecule is CC(=O)NC(C)CCCC(C)N1CCCC1=O. The van der Waals surface area contributed by atoms with Gasteiger partial charge in [-0.3, -0.25) is 9.59 Å². The third-order valence-electron chi connectivity index (χ3n) is 3.35. The average molecular weight is 240 g/mol. The molecule has 0 aromatic rings. The van der Waals surface area contributed by atoms with Crippen molar-refractivity contribution in [1.82, 2.24) is 10.2 Å². The van der Waals surface area contributed by atoms with Gasteiger partial charge in [0.15, 0.2) is 0 Å². The first-order valence-electron chi connectivity index (χ1n) is 6.57. The van der Waals surface area contributed by atoms with Gasteiger partial charge in [-0.25, -0.2) is 0 Å². The summed E-state index contributed by atoms with van der Waals surface area (Å²) in [4.78, 5) is 24.4. The van der Waals surface area contributed by atoms with Crippen LogP contribution in [0.5, 0.6) is 0 Å². The summed E-state index contributed by atoms with van der Waals surface area (Å²) in [5, 5.41) is 2.88. The van der Waals surface area contributed by atoms with E-state index in [1.807, 2.05) is 11.8 Å². The Bertz CT molecular complexity index is 279. The maximum absolute atomic E-state index is 11.5. The summed E-state index contributed by atoms with van der Waals surface area (Å²) >= 11 is 0. The summed E-state index contributed by atoms with van der Waals surface area (Å²) in [6.07, 6.45) is 4.77. The van der Waals surface area contributed by atoms with Gasteiger partial charge in [-0.1, -0.05) is 0 Å². The van der Waals surface area contributed by atoms with Gasteiger partial charge in [0, 0.05) is 32.0 Å². The fraction of sp³-hybridized carbons (Fsp3) is 0.846. The quantitative estimate of drug-likeness (QED) is 0.768. The second kappa shape index (κ2) is 6.62. The van der Waals surface area contributed by atoms with Crippen molar-refractivity contribution in [3.8, 4) is 0 Å². The lowest BCUT2D eigenvalue weighted by atomic mass is 10.1. The lowest BCUT2D eigenvalue weighted by molar-refractivity contribution is -0.129. The van der Waals surface area contributed by atoms with E-state index in [4.69, 9.17) is 0 Å². The highest BCUT2D eigenvalue weighted by Crippen LogP contribution is 2.17. The van der Waals surface area contributed by atoms with E-state index in [2.05, 4.69) is 12.2 Å². The highest BCUT2D eigenvalue weighted by molar-refractivity contribution is 5.78. The largest absolute Gasteiger partial charge is 0.354 e. The molecule has 0 bridgehead atoms. The van der Waals surface area contributed by atoms with E-state index >= 15 is 0 Å². The van der Waals surface area contributed by atoms with Gasteiger partial charge in [-0.05, 0) is 39.5 Å². The van der Waals surface area contributed by atoms with Gasteiger partial charge in [0.1, 0.15) is 0 Å². The number of rotatable bonds is 6. The van der Waals surface area contributed by atoms with E-state index in [0.29, 0.717) is 18.4 Å². The van der Waals surface area contributed by atoms with Crippen LogP contribution in [0, 0.1) is 0 Å². The van der Waals surface area contributed by atoms with Crippen LogP contribution in [0.1, 0.15) is 52.9 Å². The number of carbonyl (C=O) groups excluding carboxylic acids is 2. The number of likely N-dealkylation sites (tertiary alicyclic amines) is 1. The van der Waals surface area contributed by atoms with Gasteiger partial charge in [0.05, 0.1) is 0 Å². The Kier molecular flexibility index (Phi) is 5.45. The molecule has 98 valence electrons. The van der Waals surface area contributed by atoms with Gasteiger partial charge in [0.25, 0.3) is 0 Å². The predicted octanol–water partition coefficient (Wildman–Crippen LogP) is 1.69. The van der Waals surface area contributed by atoms with Gasteiger partial charge < -0.3 is 10.2 Å². The van der Waals surface area contributed by atoms with E-state index in [1.54, 1.807) is 6.92 Å². The third kappa shape index (κ3) is 4.75. The Morgan fingerprint density at radius 2 is 2.12 bits per heavy atom. The minimum absolute atomic E-state index is 0.0280. The molecule has 4 heteroatoms. The molecule has 0 radical (unpaired) electrons. The van der Waals surface area contributed by atoms with Gasteiger partial charge >= 0.3 is 0 Å². The minimum atomic E-state index is 0.0280. The topological polar surface area (TPSA) is 49.4 Å². The molecule has 1 aliphatic heterocycles. The first-order valence-corrected chi connectivity index (χ1v) is 6.57. The maximum Gasteiger partial charge on any atom is 0.222 e. The zero-order valence-corrected chi connectivity index (χ0v) is 11.2. The summed E-state index contributed by atoms with van der Waals surface area (Å²) in [6, 6.07) is 0.573. The number of nitrogens with zero attached hydrogens (tertiary/aromatic N) is 1. The molecule has 1 heterocycles. The molecule has 1 rings (SSSR count). The van der Waals surface area contributed by atoms with Crippen molar-refractivity contribution in [2.45, 2.75) is 65.0 Å². The standard InChI is InChI=1S/C13H24N2O2/c1-10(14-12(3)16)6-4-7-11(2)15-9-5-8-13(15)17/h10-11H,4-9H2,1-3H3,(H,14,16). The van der Waals surface area contributed by atoms with Crippen LogP contribution in [-0.4, -0.2) is 35.3 Å². The molecule has 0 spiro atoms. The normalized spacial score (nSPS) is 19.2. The maximum atomic E-state index is 11.5. The highest BCUT2D eigenvalue weighted by Gasteiger charge is 2.24. The van der Waals surface area contributed by atoms with Gasteiger partial charge in [-0.2, -0.15) is 0 Å². The monoisotopic (exact) mass is 240 g/mol. The zero-order valence-electron chi connectivity index (χ0n) is 11.2. The van der Waals surface area contributed by atoms with E-state index in [0.717, 1.165) is 32.2 Å². The van der Waals surface area contributed by atoms with Crippen LogP contribution in [0.25, 0.3) is 0 Å². The van der Waals surface area contributed by atoms with E-state index in [9.17, 15) is 9.59 Å². The lowest BCUT2D eigenvalue weighted by Crippen LogP contribution is -2.34. The Labute approximate surface area is 104 Å². The third-order valence-corrected chi connectivity index (χ3v) is 3.35. The molecule has 1 saturated heterocycles. The molecule has 0 aromatic heterocycles. The van der Waals surface area contributed by atoms with Crippen LogP contribution in [0.3, 0.4) is 0 Å². The van der Waals surface area contributed by atoms with Gasteiger partial charge in [-0.15, -0.1) is 0 Å². The second-order valence-corrected chi connectivity index (χ2v) is 5.07. The summed E-state index contributed by atoms with van der Waals surface area (Å²) in [5.41, 5.74) is 0. The van der Waals surface area contributed by atoms with Crippen LogP contribution in [-0.2, 0) is 9.59 Å². The molecule has 0 aromatic carbocycles. The van der Waals surface area contributed by atoms with Crippen molar-refractivity contribution in [3.63, 3.8) is 0 Å². The van der Waals surface area contributed by atoms with Crippen molar-refractivity contribution in [3.05, 3.63) is 0 Å². The minimum Gasteiger partial charge on any atom is -0.354 e. The zero-order chi connectivity index (χ0) is 12.8. The van der Waals surface area contributed by atoms with Crippen LogP contribution < -0.4 is 5.32 Å². The molecular weight excluding hydrogens is 216 g/mol. The predicted molar refractivity (Wildman–Crippen MR) is 67.5 cm³/mol. The molecule has 0 aliphatic carbocycles. The number of amides is 2. The molecule has 1 aliphatic rings. The smallest absolute Gasteiger partial charge is 0.222 e. The van der Waals surface area contributed by atoms with Crippen molar-refractivity contribution in [1.29, 1.82) is 0 Å². The first kappa shape index (κ1) is 14.0. The molecule has 0 saturated carbocycles. The van der Waals surface area contributed by atoms with Crippen molar-refractivity contribution >= 4 is 11.8 Å². The Morgan fingerprint density at radius 3 is 2.65 bits per heavy atom. The molecule has 1 N–H and O–H groups in total. The Balaban J connectivity index is 2.17. The first-order chi connectivity index (χ1) is 8.00. The molecule has 2 atom stereocenters. The van der Waals surface area contributed by atoms with Crippen molar-refractivity contribution in [2.75, 3.05) is 6.54 Å². The van der Waals surface area contributed by atoms with Gasteiger partial charge in [0.2, 0.25) is 11.8 Å². The van der Waals surface area contributed by atoms with E-state index < -0.39 is 0 Å². The number of carbonyl (C=O) groups is 2. The molecule has 2 amide bonds. The number of nitrogens with one attached hydrogen (secondary N) is 1. The van der Waals surface area contributed by atoms with Crippen molar-refractivity contribution in [2.24, 2.45) is 0 Å². The average Bonchev–Trinajstić information content (AvgIpc) is 2.63. The summed E-state index contributed by atoms with van der Waals surface area (Å²) in [7, 11) is 0. The Hall–Kier alpha value is -1.06. The van der Waals surface area contributed by atoms with E-state index in [-0.39, 0.29) is 11.9 Å².